The number of benzene rings is 1. The molecule has 1 aliphatic rings. The summed E-state index contributed by atoms with van der Waals surface area (Å²) in [7, 11) is 1.63. The number of amides is 1. The molecule has 0 spiro atoms. The van der Waals surface area contributed by atoms with Gasteiger partial charge in [-0.1, -0.05) is 31.9 Å². The van der Waals surface area contributed by atoms with E-state index in [0.29, 0.717) is 16.6 Å². The number of carbonyl (C=O) groups is 1. The predicted octanol–water partition coefficient (Wildman–Crippen LogP) is 3.69. The number of anilines is 1. The average molecular weight is 281 g/mol. The van der Waals surface area contributed by atoms with Crippen LogP contribution >= 0.6 is 11.6 Å². The maximum absolute atomic E-state index is 11.7. The zero-order chi connectivity index (χ0) is 14.0. The lowest BCUT2D eigenvalue weighted by Gasteiger charge is -2.29. The second-order valence-corrected chi connectivity index (χ2v) is 6.26. The van der Waals surface area contributed by atoms with E-state index in [1.165, 1.54) is 12.8 Å². The van der Waals surface area contributed by atoms with Crippen LogP contribution < -0.4 is 10.6 Å². The quantitative estimate of drug-likeness (QED) is 0.887. The third-order valence-corrected chi connectivity index (χ3v) is 4.37. The Balaban J connectivity index is 2.22. The fraction of sp³-hybridized carbons (Fsp3) is 0.533. The molecule has 1 aromatic carbocycles. The maximum atomic E-state index is 11.7. The van der Waals surface area contributed by atoms with Gasteiger partial charge < -0.3 is 10.6 Å². The normalized spacial score (nSPS) is 21.2. The van der Waals surface area contributed by atoms with Gasteiger partial charge in [-0.15, -0.1) is 0 Å². The Labute approximate surface area is 119 Å². The van der Waals surface area contributed by atoms with Gasteiger partial charge in [0.1, 0.15) is 0 Å². The summed E-state index contributed by atoms with van der Waals surface area (Å²) in [5.74, 6) is -0.0922. The van der Waals surface area contributed by atoms with Gasteiger partial charge in [-0.25, -0.2) is 0 Å². The van der Waals surface area contributed by atoms with Gasteiger partial charge in [0.2, 0.25) is 0 Å². The average Bonchev–Trinajstić information content (AvgIpc) is 2.70. The van der Waals surface area contributed by atoms with Crippen molar-refractivity contribution in [2.75, 3.05) is 12.4 Å². The molecular formula is C15H21ClN2O. The van der Waals surface area contributed by atoms with E-state index in [-0.39, 0.29) is 11.3 Å². The SMILES string of the molecule is CNC(=O)c1ccc(Cl)c(NC2CCCC2(C)C)c1. The molecule has 1 amide bonds. The summed E-state index contributed by atoms with van der Waals surface area (Å²) in [6.45, 7) is 4.54. The Kier molecular flexibility index (Phi) is 4.04. The van der Waals surface area contributed by atoms with Crippen LogP contribution in [0.5, 0.6) is 0 Å². The summed E-state index contributed by atoms with van der Waals surface area (Å²) >= 11 is 6.22. The van der Waals surface area contributed by atoms with Crippen molar-refractivity contribution in [3.63, 3.8) is 0 Å². The molecule has 3 nitrogen and oxygen atoms in total. The molecule has 0 bridgehead atoms. The van der Waals surface area contributed by atoms with Crippen molar-refractivity contribution in [1.29, 1.82) is 0 Å². The Morgan fingerprint density at radius 3 is 2.74 bits per heavy atom. The molecule has 4 heteroatoms. The number of carbonyl (C=O) groups excluding carboxylic acids is 1. The van der Waals surface area contributed by atoms with E-state index in [0.717, 1.165) is 12.1 Å². The first-order valence-corrected chi connectivity index (χ1v) is 7.10. The third-order valence-electron chi connectivity index (χ3n) is 4.04. The van der Waals surface area contributed by atoms with Crippen molar-refractivity contribution in [2.24, 2.45) is 5.41 Å². The molecule has 0 aromatic heterocycles. The Morgan fingerprint density at radius 2 is 2.16 bits per heavy atom. The molecule has 19 heavy (non-hydrogen) atoms. The highest BCUT2D eigenvalue weighted by molar-refractivity contribution is 6.33. The predicted molar refractivity (Wildman–Crippen MR) is 79.9 cm³/mol. The van der Waals surface area contributed by atoms with Crippen molar-refractivity contribution in [3.05, 3.63) is 28.8 Å². The lowest BCUT2D eigenvalue weighted by atomic mass is 9.87. The number of hydrogen-bond donors (Lipinski definition) is 2. The van der Waals surface area contributed by atoms with E-state index in [1.807, 2.05) is 6.07 Å². The van der Waals surface area contributed by atoms with Gasteiger partial charge in [0, 0.05) is 18.7 Å². The standard InChI is InChI=1S/C15H21ClN2O/c1-15(2)8-4-5-13(15)18-12-9-10(14(19)17-3)6-7-11(12)16/h6-7,9,13,18H,4-5,8H2,1-3H3,(H,17,19). The molecule has 1 aliphatic carbocycles. The first-order valence-electron chi connectivity index (χ1n) is 6.72. The van der Waals surface area contributed by atoms with Crippen LogP contribution in [-0.4, -0.2) is 19.0 Å². The minimum Gasteiger partial charge on any atom is -0.381 e. The van der Waals surface area contributed by atoms with Crippen LogP contribution in [0.4, 0.5) is 5.69 Å². The van der Waals surface area contributed by atoms with Crippen molar-refractivity contribution in [1.82, 2.24) is 5.32 Å². The molecule has 2 rings (SSSR count). The number of nitrogens with one attached hydrogen (secondary N) is 2. The summed E-state index contributed by atoms with van der Waals surface area (Å²) < 4.78 is 0. The summed E-state index contributed by atoms with van der Waals surface area (Å²) in [5, 5.41) is 6.80. The molecule has 0 heterocycles. The minimum absolute atomic E-state index is 0.0922. The van der Waals surface area contributed by atoms with Gasteiger partial charge in [0.25, 0.3) is 5.91 Å². The zero-order valence-electron chi connectivity index (χ0n) is 11.7. The maximum Gasteiger partial charge on any atom is 0.251 e. The molecule has 0 saturated heterocycles. The van der Waals surface area contributed by atoms with Crippen LogP contribution in [0, 0.1) is 5.41 Å². The summed E-state index contributed by atoms with van der Waals surface area (Å²) in [6.07, 6.45) is 3.60. The van der Waals surface area contributed by atoms with E-state index in [9.17, 15) is 4.79 Å². The highest BCUT2D eigenvalue weighted by atomic mass is 35.5. The van der Waals surface area contributed by atoms with Gasteiger partial charge in [0.15, 0.2) is 0 Å². The summed E-state index contributed by atoms with van der Waals surface area (Å²) in [5.41, 5.74) is 1.75. The number of hydrogen-bond acceptors (Lipinski definition) is 2. The monoisotopic (exact) mass is 280 g/mol. The van der Waals surface area contributed by atoms with Gasteiger partial charge in [-0.2, -0.15) is 0 Å². The molecule has 2 N–H and O–H groups in total. The molecule has 0 radical (unpaired) electrons. The first kappa shape index (κ1) is 14.2. The van der Waals surface area contributed by atoms with E-state index < -0.39 is 0 Å². The number of halogens is 1. The van der Waals surface area contributed by atoms with Crippen LogP contribution in [0.25, 0.3) is 0 Å². The molecule has 1 atom stereocenters. The largest absolute Gasteiger partial charge is 0.381 e. The van der Waals surface area contributed by atoms with Crippen LogP contribution in [0.1, 0.15) is 43.5 Å². The fourth-order valence-corrected chi connectivity index (χ4v) is 2.88. The van der Waals surface area contributed by atoms with Crippen molar-refractivity contribution >= 4 is 23.2 Å². The van der Waals surface area contributed by atoms with Crippen molar-refractivity contribution in [2.45, 2.75) is 39.2 Å². The van der Waals surface area contributed by atoms with Gasteiger partial charge in [0.05, 0.1) is 10.7 Å². The van der Waals surface area contributed by atoms with Crippen LogP contribution in [-0.2, 0) is 0 Å². The highest BCUT2D eigenvalue weighted by Gasteiger charge is 2.34. The van der Waals surface area contributed by atoms with Gasteiger partial charge in [-0.3, -0.25) is 4.79 Å². The molecule has 1 aromatic rings. The second-order valence-electron chi connectivity index (χ2n) is 5.85. The highest BCUT2D eigenvalue weighted by Crippen LogP contribution is 2.40. The topological polar surface area (TPSA) is 41.1 Å². The Bertz CT molecular complexity index is 485. The molecule has 1 fully saturated rings. The van der Waals surface area contributed by atoms with E-state index in [1.54, 1.807) is 19.2 Å². The van der Waals surface area contributed by atoms with Gasteiger partial charge >= 0.3 is 0 Å². The van der Waals surface area contributed by atoms with Crippen LogP contribution in [0.3, 0.4) is 0 Å². The zero-order valence-corrected chi connectivity index (χ0v) is 12.5. The molecule has 1 unspecified atom stereocenters. The lowest BCUT2D eigenvalue weighted by molar-refractivity contribution is 0.0963. The first-order chi connectivity index (χ1) is 8.94. The van der Waals surface area contributed by atoms with E-state index in [2.05, 4.69) is 24.5 Å². The van der Waals surface area contributed by atoms with Crippen molar-refractivity contribution < 1.29 is 4.79 Å². The molecule has 1 saturated carbocycles. The van der Waals surface area contributed by atoms with Crippen LogP contribution in [0.15, 0.2) is 18.2 Å². The van der Waals surface area contributed by atoms with E-state index in [4.69, 9.17) is 11.6 Å². The Morgan fingerprint density at radius 1 is 1.42 bits per heavy atom. The van der Waals surface area contributed by atoms with Crippen molar-refractivity contribution in [3.8, 4) is 0 Å². The van der Waals surface area contributed by atoms with Gasteiger partial charge in [-0.05, 0) is 36.5 Å². The Hall–Kier alpha value is -1.22. The van der Waals surface area contributed by atoms with Crippen LogP contribution in [0.2, 0.25) is 5.02 Å². The molecular weight excluding hydrogens is 260 g/mol. The molecule has 104 valence electrons. The smallest absolute Gasteiger partial charge is 0.251 e. The third kappa shape index (κ3) is 3.03. The molecule has 0 aliphatic heterocycles. The second kappa shape index (κ2) is 5.41. The summed E-state index contributed by atoms with van der Waals surface area (Å²) in [6, 6.07) is 5.75. The summed E-state index contributed by atoms with van der Waals surface area (Å²) in [4.78, 5) is 11.7. The lowest BCUT2D eigenvalue weighted by Crippen LogP contribution is -2.31. The minimum atomic E-state index is -0.0922. The number of rotatable bonds is 3. The fourth-order valence-electron chi connectivity index (χ4n) is 2.70. The van der Waals surface area contributed by atoms with E-state index >= 15 is 0 Å².